The summed E-state index contributed by atoms with van der Waals surface area (Å²) >= 11 is 0. The Labute approximate surface area is 142 Å². The number of aliphatic carboxylic acids is 1. The van der Waals surface area contributed by atoms with Gasteiger partial charge in [-0.3, -0.25) is 9.59 Å². The predicted octanol–water partition coefficient (Wildman–Crippen LogP) is 4.62. The first-order valence-corrected chi connectivity index (χ1v) is 8.87. The molecule has 2 aromatic carbocycles. The highest BCUT2D eigenvalue weighted by molar-refractivity contribution is 5.88. The number of Topliss-reactive ketones (excluding diaryl/α,β-unsaturated/α-hetero) is 1. The number of carbonyl (C=O) groups excluding carboxylic acids is 1. The molecule has 126 valence electrons. The lowest BCUT2D eigenvalue weighted by atomic mass is 9.82. The van der Waals surface area contributed by atoms with Crippen molar-refractivity contribution in [1.29, 1.82) is 0 Å². The molecule has 0 saturated heterocycles. The molecule has 0 heterocycles. The van der Waals surface area contributed by atoms with Crippen LogP contribution in [0.25, 0.3) is 10.8 Å². The number of rotatable bonds is 6. The van der Waals surface area contributed by atoms with Gasteiger partial charge in [0.2, 0.25) is 0 Å². The zero-order valence-corrected chi connectivity index (χ0v) is 13.9. The van der Waals surface area contributed by atoms with Crippen molar-refractivity contribution >= 4 is 22.5 Å². The van der Waals surface area contributed by atoms with Gasteiger partial charge in [0, 0.05) is 12.3 Å². The van der Waals surface area contributed by atoms with Crippen LogP contribution >= 0.6 is 0 Å². The van der Waals surface area contributed by atoms with Crippen LogP contribution in [0.15, 0.2) is 42.5 Å². The first-order chi connectivity index (χ1) is 11.6. The highest BCUT2D eigenvalue weighted by atomic mass is 16.4. The standard InChI is InChI=1S/C21H24O3/c22-20(16-8-2-1-3-9-16)14-18(21(23)24)13-17-11-6-10-15-7-4-5-12-19(15)17/h4-7,10-12,16,18H,1-3,8-9,13-14H2,(H,23,24). The summed E-state index contributed by atoms with van der Waals surface area (Å²) in [7, 11) is 0. The second-order valence-electron chi connectivity index (χ2n) is 6.88. The van der Waals surface area contributed by atoms with Crippen LogP contribution in [-0.4, -0.2) is 16.9 Å². The van der Waals surface area contributed by atoms with Gasteiger partial charge in [0.15, 0.2) is 0 Å². The third-order valence-corrected chi connectivity index (χ3v) is 5.20. The Morgan fingerprint density at radius 3 is 2.46 bits per heavy atom. The van der Waals surface area contributed by atoms with Gasteiger partial charge in [-0.2, -0.15) is 0 Å². The fraction of sp³-hybridized carbons (Fsp3) is 0.429. The molecule has 1 aliphatic carbocycles. The zero-order chi connectivity index (χ0) is 16.9. The van der Waals surface area contributed by atoms with Crippen molar-refractivity contribution in [2.75, 3.05) is 0 Å². The molecule has 0 aromatic heterocycles. The Morgan fingerprint density at radius 2 is 1.71 bits per heavy atom. The van der Waals surface area contributed by atoms with E-state index in [0.29, 0.717) is 6.42 Å². The molecule has 24 heavy (non-hydrogen) atoms. The average Bonchev–Trinajstić information content (AvgIpc) is 2.62. The van der Waals surface area contributed by atoms with Gasteiger partial charge in [0.25, 0.3) is 0 Å². The largest absolute Gasteiger partial charge is 0.481 e. The Morgan fingerprint density at radius 1 is 1.00 bits per heavy atom. The van der Waals surface area contributed by atoms with Gasteiger partial charge in [0.1, 0.15) is 5.78 Å². The molecular formula is C21H24O3. The van der Waals surface area contributed by atoms with Crippen molar-refractivity contribution in [2.24, 2.45) is 11.8 Å². The number of carboxylic acid groups (broad SMARTS) is 1. The van der Waals surface area contributed by atoms with E-state index < -0.39 is 11.9 Å². The van der Waals surface area contributed by atoms with Crippen LogP contribution in [0.5, 0.6) is 0 Å². The topological polar surface area (TPSA) is 54.4 Å². The summed E-state index contributed by atoms with van der Waals surface area (Å²) < 4.78 is 0. The first-order valence-electron chi connectivity index (χ1n) is 8.87. The van der Waals surface area contributed by atoms with Crippen molar-refractivity contribution in [3.63, 3.8) is 0 Å². The molecule has 1 aliphatic rings. The Hall–Kier alpha value is -2.16. The molecule has 1 saturated carbocycles. The lowest BCUT2D eigenvalue weighted by Crippen LogP contribution is -2.25. The number of carbonyl (C=O) groups is 2. The molecule has 1 unspecified atom stereocenters. The van der Waals surface area contributed by atoms with E-state index in [0.717, 1.165) is 42.0 Å². The van der Waals surface area contributed by atoms with Crippen LogP contribution in [0.1, 0.15) is 44.1 Å². The second-order valence-corrected chi connectivity index (χ2v) is 6.88. The second kappa shape index (κ2) is 7.61. The van der Waals surface area contributed by atoms with Crippen LogP contribution in [0, 0.1) is 11.8 Å². The summed E-state index contributed by atoms with van der Waals surface area (Å²) in [6.07, 6.45) is 5.81. The summed E-state index contributed by atoms with van der Waals surface area (Å²) in [5.74, 6) is -1.28. The van der Waals surface area contributed by atoms with Gasteiger partial charge >= 0.3 is 5.97 Å². The van der Waals surface area contributed by atoms with E-state index in [-0.39, 0.29) is 18.1 Å². The smallest absolute Gasteiger partial charge is 0.307 e. The molecule has 2 aromatic rings. The quantitative estimate of drug-likeness (QED) is 0.843. The van der Waals surface area contributed by atoms with Gasteiger partial charge < -0.3 is 5.11 Å². The van der Waals surface area contributed by atoms with Crippen molar-refractivity contribution in [3.8, 4) is 0 Å². The Balaban J connectivity index is 1.76. The third kappa shape index (κ3) is 3.84. The molecule has 3 nitrogen and oxygen atoms in total. The van der Waals surface area contributed by atoms with E-state index in [2.05, 4.69) is 0 Å². The Bertz CT molecular complexity index is 723. The van der Waals surface area contributed by atoms with E-state index in [4.69, 9.17) is 0 Å². The summed E-state index contributed by atoms with van der Waals surface area (Å²) in [5.41, 5.74) is 1.01. The minimum Gasteiger partial charge on any atom is -0.481 e. The van der Waals surface area contributed by atoms with Gasteiger partial charge in [-0.05, 0) is 35.6 Å². The lowest BCUT2D eigenvalue weighted by molar-refractivity contribution is -0.144. The number of hydrogen-bond acceptors (Lipinski definition) is 2. The highest BCUT2D eigenvalue weighted by Gasteiger charge is 2.27. The predicted molar refractivity (Wildman–Crippen MR) is 95.0 cm³/mol. The Kier molecular flexibility index (Phi) is 5.29. The summed E-state index contributed by atoms with van der Waals surface area (Å²) in [6, 6.07) is 14.0. The van der Waals surface area contributed by atoms with Crippen LogP contribution in [0.2, 0.25) is 0 Å². The molecule has 1 N–H and O–H groups in total. The number of fused-ring (bicyclic) bond motifs is 1. The van der Waals surface area contributed by atoms with Crippen molar-refractivity contribution in [1.82, 2.24) is 0 Å². The third-order valence-electron chi connectivity index (χ3n) is 5.20. The SMILES string of the molecule is O=C(O)C(CC(=O)C1CCCCC1)Cc1cccc2ccccc12. The molecule has 0 bridgehead atoms. The van der Waals surface area contributed by atoms with E-state index >= 15 is 0 Å². The van der Waals surface area contributed by atoms with Crippen molar-refractivity contribution < 1.29 is 14.7 Å². The lowest BCUT2D eigenvalue weighted by Gasteiger charge is -2.22. The highest BCUT2D eigenvalue weighted by Crippen LogP contribution is 2.28. The molecule has 1 fully saturated rings. The molecule has 1 atom stereocenters. The van der Waals surface area contributed by atoms with E-state index in [9.17, 15) is 14.7 Å². The number of ketones is 1. The maximum absolute atomic E-state index is 12.5. The van der Waals surface area contributed by atoms with Gasteiger partial charge in [-0.15, -0.1) is 0 Å². The minimum absolute atomic E-state index is 0.0770. The van der Waals surface area contributed by atoms with E-state index in [1.165, 1.54) is 6.42 Å². The van der Waals surface area contributed by atoms with Gasteiger partial charge in [-0.1, -0.05) is 61.7 Å². The summed E-state index contributed by atoms with van der Waals surface area (Å²) in [4.78, 5) is 24.2. The van der Waals surface area contributed by atoms with Crippen LogP contribution in [0.3, 0.4) is 0 Å². The van der Waals surface area contributed by atoms with Crippen molar-refractivity contribution in [3.05, 3.63) is 48.0 Å². The van der Waals surface area contributed by atoms with Gasteiger partial charge in [-0.25, -0.2) is 0 Å². The number of benzene rings is 2. The van der Waals surface area contributed by atoms with Crippen LogP contribution < -0.4 is 0 Å². The summed E-state index contributed by atoms with van der Waals surface area (Å²) in [5, 5.41) is 11.8. The molecule has 3 rings (SSSR count). The van der Waals surface area contributed by atoms with E-state index in [1.54, 1.807) is 0 Å². The molecule has 0 aliphatic heterocycles. The molecule has 0 amide bonds. The maximum atomic E-state index is 12.5. The fourth-order valence-electron chi connectivity index (χ4n) is 3.82. The molecule has 3 heteroatoms. The normalized spacial score (nSPS) is 16.8. The van der Waals surface area contributed by atoms with Gasteiger partial charge in [0.05, 0.1) is 5.92 Å². The van der Waals surface area contributed by atoms with Crippen LogP contribution in [-0.2, 0) is 16.0 Å². The van der Waals surface area contributed by atoms with Crippen LogP contribution in [0.4, 0.5) is 0 Å². The van der Waals surface area contributed by atoms with E-state index in [1.807, 2.05) is 42.5 Å². The average molecular weight is 324 g/mol. The molecule has 0 radical (unpaired) electrons. The fourth-order valence-corrected chi connectivity index (χ4v) is 3.82. The summed E-state index contributed by atoms with van der Waals surface area (Å²) in [6.45, 7) is 0. The minimum atomic E-state index is -0.868. The maximum Gasteiger partial charge on any atom is 0.307 e. The molecule has 0 spiro atoms. The number of carboxylic acids is 1. The first kappa shape index (κ1) is 16.7. The zero-order valence-electron chi connectivity index (χ0n) is 13.9. The number of hydrogen-bond donors (Lipinski definition) is 1. The van der Waals surface area contributed by atoms with Crippen molar-refractivity contribution in [2.45, 2.75) is 44.9 Å². The molecular weight excluding hydrogens is 300 g/mol. The monoisotopic (exact) mass is 324 g/mol.